The Morgan fingerprint density at radius 2 is 1.32 bits per heavy atom. The average molecular weight is 280 g/mol. The summed E-state index contributed by atoms with van der Waals surface area (Å²) in [5.41, 5.74) is -0.258. The van der Waals surface area contributed by atoms with E-state index in [1.54, 1.807) is 0 Å². The number of hydrogen-bond acceptors (Lipinski definition) is 4. The Hall–Kier alpha value is -1.20. The van der Waals surface area contributed by atoms with Crippen molar-refractivity contribution in [1.29, 1.82) is 0 Å². The number of hydrogen-bond donors (Lipinski definition) is 0. The van der Waals surface area contributed by atoms with Gasteiger partial charge < -0.3 is 9.47 Å². The summed E-state index contributed by atoms with van der Waals surface area (Å²) in [6.07, 6.45) is -0.559. The van der Waals surface area contributed by atoms with Gasteiger partial charge in [-0.3, -0.25) is 18.4 Å². The summed E-state index contributed by atoms with van der Waals surface area (Å²) in [6.45, 7) is 4.29. The van der Waals surface area contributed by atoms with Crippen LogP contribution in [0.25, 0.3) is 0 Å². The van der Waals surface area contributed by atoms with Gasteiger partial charge in [-0.2, -0.15) is 0 Å². The van der Waals surface area contributed by atoms with Crippen molar-refractivity contribution in [3.8, 4) is 0 Å². The average Bonchev–Trinajstić information content (AvgIpc) is 2.27. The maximum absolute atomic E-state index is 11.9. The zero-order chi connectivity index (χ0) is 14.9. The molecule has 0 N–H and O–H groups in total. The summed E-state index contributed by atoms with van der Waals surface area (Å²) in [7, 11) is 0. The maximum Gasteiger partial charge on any atom is 0.308 e. The molecule has 0 saturated heterocycles. The topological polar surface area (TPSA) is 52.6 Å². The molecule has 19 heavy (non-hydrogen) atoms. The number of halogens is 2. The first kappa shape index (κ1) is 17.8. The summed E-state index contributed by atoms with van der Waals surface area (Å²) >= 11 is 0. The summed E-state index contributed by atoms with van der Waals surface area (Å²) in [5, 5.41) is 0. The third-order valence-corrected chi connectivity index (χ3v) is 2.71. The lowest BCUT2D eigenvalue weighted by molar-refractivity contribution is -0.151. The normalized spacial score (nSPS) is 11.5. The molecule has 0 heterocycles. The van der Waals surface area contributed by atoms with Crippen molar-refractivity contribution in [1.82, 2.24) is 0 Å². The van der Waals surface area contributed by atoms with Gasteiger partial charge >= 0.3 is 11.9 Å². The van der Waals surface area contributed by atoms with Crippen LogP contribution in [0.15, 0.2) is 0 Å². The van der Waals surface area contributed by atoms with Crippen LogP contribution >= 0.6 is 0 Å². The third kappa shape index (κ3) is 8.51. The van der Waals surface area contributed by atoms with E-state index in [1.165, 1.54) is 0 Å². The first-order valence-corrected chi connectivity index (χ1v) is 6.24. The highest BCUT2D eigenvalue weighted by Crippen LogP contribution is 2.26. The number of rotatable bonds is 8. The molecule has 0 amide bonds. The Bertz CT molecular complexity index is 265. The Balaban J connectivity index is 4.25. The fraction of sp³-hybridized carbons (Fsp3) is 0.846. The smallest absolute Gasteiger partial charge is 0.308 e. The molecular formula is C13H22F2O4. The molecule has 112 valence electrons. The lowest BCUT2D eigenvalue weighted by Crippen LogP contribution is -2.31. The van der Waals surface area contributed by atoms with Crippen molar-refractivity contribution >= 4 is 11.9 Å². The van der Waals surface area contributed by atoms with Crippen LogP contribution in [0.1, 0.15) is 33.6 Å². The van der Waals surface area contributed by atoms with Crippen molar-refractivity contribution in [3.05, 3.63) is 0 Å². The lowest BCUT2D eigenvalue weighted by Gasteiger charge is -2.29. The van der Waals surface area contributed by atoms with Crippen molar-refractivity contribution in [3.63, 3.8) is 0 Å². The molecule has 6 heteroatoms. The predicted octanol–water partition coefficient (Wildman–Crippen LogP) is 2.45. The van der Waals surface area contributed by atoms with Crippen LogP contribution in [-0.2, 0) is 19.1 Å². The highest BCUT2D eigenvalue weighted by Gasteiger charge is 2.27. The van der Waals surface area contributed by atoms with E-state index in [2.05, 4.69) is 0 Å². The van der Waals surface area contributed by atoms with Gasteiger partial charge in [-0.15, -0.1) is 0 Å². The minimum atomic E-state index is -0.759. The van der Waals surface area contributed by atoms with Gasteiger partial charge in [0.15, 0.2) is 0 Å². The molecule has 0 rings (SSSR count). The summed E-state index contributed by atoms with van der Waals surface area (Å²) in [4.78, 5) is 22.2. The van der Waals surface area contributed by atoms with Gasteiger partial charge in [0.05, 0.1) is 39.4 Å². The van der Waals surface area contributed by atoms with Gasteiger partial charge in [0.25, 0.3) is 0 Å². The molecule has 0 saturated carbocycles. The van der Waals surface area contributed by atoms with E-state index >= 15 is 0 Å². The van der Waals surface area contributed by atoms with Crippen LogP contribution in [-0.4, -0.2) is 38.5 Å². The Morgan fingerprint density at radius 1 is 0.947 bits per heavy atom. The lowest BCUT2D eigenvalue weighted by atomic mass is 9.82. The van der Waals surface area contributed by atoms with Gasteiger partial charge in [-0.05, 0) is 5.41 Å². The number of carbonyl (C=O) groups excluding carboxylic acids is 2. The van der Waals surface area contributed by atoms with Crippen LogP contribution in [0.5, 0.6) is 0 Å². The van der Waals surface area contributed by atoms with Gasteiger partial charge in [0, 0.05) is 5.92 Å². The monoisotopic (exact) mass is 280 g/mol. The second kappa shape index (κ2) is 8.82. The van der Waals surface area contributed by atoms with E-state index in [1.807, 2.05) is 20.8 Å². The zero-order valence-electron chi connectivity index (χ0n) is 11.7. The summed E-state index contributed by atoms with van der Waals surface area (Å²) < 4.78 is 33.7. The van der Waals surface area contributed by atoms with Gasteiger partial charge in [-0.25, -0.2) is 0 Å². The first-order chi connectivity index (χ1) is 8.81. The molecule has 0 atom stereocenters. The molecule has 0 aromatic rings. The van der Waals surface area contributed by atoms with Crippen LogP contribution in [0.2, 0.25) is 0 Å². The molecule has 0 unspecified atom stereocenters. The molecular weight excluding hydrogens is 258 g/mol. The molecule has 0 aliphatic heterocycles. The molecule has 4 nitrogen and oxygen atoms in total. The molecule has 0 radical (unpaired) electrons. The highest BCUT2D eigenvalue weighted by molar-refractivity contribution is 5.69. The van der Waals surface area contributed by atoms with E-state index in [9.17, 15) is 18.4 Å². The number of alkyl halides is 2. The Labute approximate surface area is 112 Å². The fourth-order valence-corrected chi connectivity index (χ4v) is 1.23. The van der Waals surface area contributed by atoms with E-state index < -0.39 is 25.3 Å². The van der Waals surface area contributed by atoms with Crippen LogP contribution in [0.3, 0.4) is 0 Å². The molecule has 0 spiro atoms. The molecule has 0 aromatic heterocycles. The molecule has 0 bridgehead atoms. The SMILES string of the molecule is CC(C)(C)C(COC(=O)CCF)COC(=O)CCF. The minimum absolute atomic E-state index is 0.0469. The standard InChI is InChI=1S/C13H22F2O4/c1-13(2,3)10(8-18-11(16)4-6-14)9-19-12(17)5-7-15/h10H,4-9H2,1-3H3. The minimum Gasteiger partial charge on any atom is -0.465 e. The Morgan fingerprint density at radius 3 is 1.58 bits per heavy atom. The van der Waals surface area contributed by atoms with E-state index in [-0.39, 0.29) is 37.4 Å². The number of esters is 2. The quantitative estimate of drug-likeness (QED) is 0.641. The van der Waals surface area contributed by atoms with E-state index in [4.69, 9.17) is 9.47 Å². The van der Waals surface area contributed by atoms with Crippen molar-refractivity contribution < 1.29 is 27.8 Å². The second-order valence-corrected chi connectivity index (χ2v) is 5.31. The third-order valence-electron chi connectivity index (χ3n) is 2.71. The zero-order valence-corrected chi connectivity index (χ0v) is 11.7. The van der Waals surface area contributed by atoms with Crippen molar-refractivity contribution in [2.75, 3.05) is 26.6 Å². The van der Waals surface area contributed by atoms with Crippen molar-refractivity contribution in [2.24, 2.45) is 11.3 Å². The molecule has 0 fully saturated rings. The van der Waals surface area contributed by atoms with Gasteiger partial charge in [0.2, 0.25) is 0 Å². The second-order valence-electron chi connectivity index (χ2n) is 5.31. The molecule has 0 aliphatic carbocycles. The predicted molar refractivity (Wildman–Crippen MR) is 66.0 cm³/mol. The largest absolute Gasteiger partial charge is 0.465 e. The van der Waals surface area contributed by atoms with Crippen molar-refractivity contribution in [2.45, 2.75) is 33.6 Å². The highest BCUT2D eigenvalue weighted by atomic mass is 19.1. The summed E-state index contributed by atoms with van der Waals surface area (Å²) in [5.74, 6) is -1.46. The molecule has 0 aliphatic rings. The van der Waals surface area contributed by atoms with Crippen LogP contribution in [0.4, 0.5) is 8.78 Å². The summed E-state index contributed by atoms with van der Waals surface area (Å²) in [6, 6.07) is 0. The maximum atomic E-state index is 11.9. The number of carbonyl (C=O) groups is 2. The van der Waals surface area contributed by atoms with Gasteiger partial charge in [0.1, 0.15) is 0 Å². The fourth-order valence-electron chi connectivity index (χ4n) is 1.23. The number of ether oxygens (including phenoxy) is 2. The molecule has 0 aromatic carbocycles. The van der Waals surface area contributed by atoms with E-state index in [0.29, 0.717) is 0 Å². The van der Waals surface area contributed by atoms with E-state index in [0.717, 1.165) is 0 Å². The van der Waals surface area contributed by atoms with Gasteiger partial charge in [-0.1, -0.05) is 20.8 Å². The van der Waals surface area contributed by atoms with Crippen LogP contribution < -0.4 is 0 Å². The Kier molecular flexibility index (Phi) is 8.27. The first-order valence-electron chi connectivity index (χ1n) is 6.24. The van der Waals surface area contributed by atoms with Crippen LogP contribution in [0, 0.1) is 11.3 Å².